The number of alkyl halides is 6. The number of nitrogens with one attached hydrogen (secondary N) is 1. The van der Waals surface area contributed by atoms with Crippen LogP contribution < -0.4 is 24.7 Å². The maximum atomic E-state index is 14.6. The monoisotopic (exact) mass is 2250 g/mol. The number of H-pyrrole nitrogens is 1. The number of esters is 2. The Morgan fingerprint density at radius 3 is 0.925 bits per heavy atom. The number of allylic oxidation sites excluding steroid dienone is 1. The first kappa shape index (κ1) is 127. The Kier molecular flexibility index (Phi) is 48.9. The van der Waals surface area contributed by atoms with E-state index in [2.05, 4.69) is 55.5 Å². The van der Waals surface area contributed by atoms with Gasteiger partial charge in [0.2, 0.25) is 0 Å². The fourth-order valence-electron chi connectivity index (χ4n) is 13.7. The molecule has 0 amide bonds. The van der Waals surface area contributed by atoms with E-state index in [0.717, 1.165) is 50.4 Å². The predicted molar refractivity (Wildman–Crippen MR) is 564 cm³/mol. The minimum atomic E-state index is -1.37. The van der Waals surface area contributed by atoms with Crippen LogP contribution in [0.2, 0.25) is 0 Å². The van der Waals surface area contributed by atoms with Gasteiger partial charge in [-0.2, -0.15) is 25.5 Å². The number of carbonyl (C=O) groups is 2. The standard InChI is InChI=1S/C24H31F2N3O3.C21H22FN3O.C18H22F2N4O.C18H16FN3O.C14H16FN3O.C10H16ClFO2.5CH4.CH3.ClH.W/c1-16(2)29-22(24(26)12-13-24)27-21(28-29)18-7-9-19(10-8-18)31-15-17(14-25)6-11-20(30)32-23(3,4)5;1-15(2)25-20(21(22)12-13-21)23-19(24-25)17-8-10-18(11-9-17)26-14-16-6-4-3-5-7-16;1-12(2)24-17(18(20)7-8-18)22-16(23-24)14-3-5-15(6-4-14)25-11-13(9-19)10-21;19-18(10-11-18)17-20-16(21-22-17)14-6-8-15(9-7-14)23-12-13-4-2-1-3-5-13;1-9(2)18-13(14(15)7-8-14)16-12(17-18)10-3-5-11(19)6-4-10;1-10(2,3)14-9(13)5-4-8(6-11)7-12;;;;;;;;/h7-10,14,16H,6,11-13,15H2,1-5H3;3-11,15H,12-14H2,1-2H3;3-6,9,12H,7-8,10-11,21H2,1-2H3;1-9H,10-12H2,(H,20,21,22);3-6,9,19H,7-8H2,1-2H3;7H,4-6H2,1-3H3;5*1H4;1H3;1H;/q;;;;;;;;;;;-1;;/b17-14+;;13-9+;;;8-7+;;;;;;;;. The molecule has 5 saturated carbocycles. The molecule has 7 aromatic carbocycles. The van der Waals surface area contributed by atoms with Crippen LogP contribution in [-0.2, 0) is 81.7 Å². The first-order chi connectivity index (χ1) is 66.1. The Balaban J connectivity index is 0.000000368. The van der Waals surface area contributed by atoms with Crippen LogP contribution in [0.4, 0.5) is 35.1 Å². The quantitative estimate of drug-likeness (QED) is 0.0146. The normalized spacial score (nSPS) is 14.7. The zero-order valence-corrected chi connectivity index (χ0v) is 87.3. The topological polar surface area (TPSA) is 300 Å². The SMILES string of the molecule is C.C.C.C.C.CC(C)(C)OC(=O)CC/C(=C\F)CCl.CC(C)n1nc(-c2ccc(O)cc2)nc1C1(F)CC1.CC(C)n1nc(-c2ccc(OC/C(=C/F)CCC(=O)OC(C)(C)C)cc2)nc1C1(F)CC1.CC(C)n1nc(-c2ccc(OC/C(=C/F)CN)cc2)nc1C1(F)CC1.CC(C)n1nc(-c2ccc(OCc3ccccc3)cc2)nc1C1(F)CC1.Cl.FC1(c2nc(-c3ccc(OCc4ccccc4)cc3)n[nH]2)CC1.[CH3-].[W]. The number of rotatable bonds is 34. The summed E-state index contributed by atoms with van der Waals surface area (Å²) >= 11 is 5.42. The second-order valence-electron chi connectivity index (χ2n) is 38.1. The average molecular weight is 2260 g/mol. The number of phenolic OH excluding ortho intramolecular Hbond substituents is 1. The Morgan fingerprint density at radius 2 is 0.667 bits per heavy atom. The Bertz CT molecular complexity index is 6110. The molecule has 0 atom stereocenters. The third-order valence-corrected chi connectivity index (χ3v) is 22.7. The molecular formula is C111H147Cl2F8N16O9W-. The van der Waals surface area contributed by atoms with E-state index in [9.17, 15) is 49.8 Å². The summed E-state index contributed by atoms with van der Waals surface area (Å²) in [6, 6.07) is 56.1. The van der Waals surface area contributed by atoms with Gasteiger partial charge in [-0.25, -0.2) is 78.8 Å². The van der Waals surface area contributed by atoms with Crippen molar-refractivity contribution in [3.63, 3.8) is 0 Å². The van der Waals surface area contributed by atoms with Crippen LogP contribution in [-0.4, -0.2) is 128 Å². The molecule has 0 spiro atoms. The summed E-state index contributed by atoms with van der Waals surface area (Å²) in [5.41, 5.74) is 5.13. The predicted octanol–water partition coefficient (Wildman–Crippen LogP) is 29.0. The van der Waals surface area contributed by atoms with Crippen LogP contribution >= 0.6 is 24.0 Å². The minimum Gasteiger partial charge on any atom is -0.508 e. The number of benzene rings is 7. The van der Waals surface area contributed by atoms with E-state index >= 15 is 0 Å². The Labute approximate surface area is 887 Å². The maximum Gasteiger partial charge on any atom is 0.306 e. The van der Waals surface area contributed by atoms with Gasteiger partial charge in [-0.15, -0.1) is 24.0 Å². The number of nitrogens with two attached hydrogens (primary N) is 1. The molecular weight excluding hydrogens is 2110 g/mol. The molecule has 5 aliphatic rings. The molecule has 5 fully saturated rings. The number of phenols is 1. The zero-order chi connectivity index (χ0) is 100. The molecule has 0 saturated heterocycles. The Hall–Kier alpha value is -11.9. The van der Waals surface area contributed by atoms with Crippen LogP contribution in [0, 0.1) is 7.43 Å². The molecule has 36 heteroatoms. The number of aromatic nitrogens is 15. The van der Waals surface area contributed by atoms with Crippen molar-refractivity contribution in [3.05, 3.63) is 265 Å². The summed E-state index contributed by atoms with van der Waals surface area (Å²) < 4.78 is 149. The molecule has 5 heterocycles. The summed E-state index contributed by atoms with van der Waals surface area (Å²) in [4.78, 5) is 45.0. The van der Waals surface area contributed by atoms with Gasteiger partial charge in [0.25, 0.3) is 0 Å². The molecule has 0 radical (unpaired) electrons. The third kappa shape index (κ3) is 36.8. The van der Waals surface area contributed by atoms with Crippen LogP contribution in [0.1, 0.15) is 288 Å². The third-order valence-electron chi connectivity index (χ3n) is 22.4. The molecule has 17 rings (SSSR count). The fraction of sp³-hybridized carbons (Fsp3) is 0.450. The van der Waals surface area contributed by atoms with Crippen molar-refractivity contribution in [2.45, 2.75) is 301 Å². The molecule has 802 valence electrons. The largest absolute Gasteiger partial charge is 0.508 e. The smallest absolute Gasteiger partial charge is 0.306 e. The van der Waals surface area contributed by atoms with Crippen molar-refractivity contribution in [2.24, 2.45) is 5.73 Å². The molecule has 25 nitrogen and oxygen atoms in total. The molecule has 12 aromatic rings. The average Bonchev–Trinajstić information content (AvgIpc) is 1.61. The van der Waals surface area contributed by atoms with Crippen molar-refractivity contribution in [3.8, 4) is 85.7 Å². The summed E-state index contributed by atoms with van der Waals surface area (Å²) in [7, 11) is 0. The van der Waals surface area contributed by atoms with E-state index in [0.29, 0.717) is 189 Å². The summed E-state index contributed by atoms with van der Waals surface area (Å²) in [5, 5.41) is 34.0. The molecule has 5 aromatic heterocycles. The second kappa shape index (κ2) is 56.5. The van der Waals surface area contributed by atoms with Gasteiger partial charge in [-0.05, 0) is 318 Å². The number of hydrogen-bond donors (Lipinski definition) is 3. The first-order valence-electron chi connectivity index (χ1n) is 46.7. The number of halogens is 10. The number of ether oxygens (including phenoxy) is 6. The van der Waals surface area contributed by atoms with Gasteiger partial charge in [0.1, 0.15) is 66.4 Å². The van der Waals surface area contributed by atoms with E-state index < -0.39 is 39.5 Å². The van der Waals surface area contributed by atoms with Gasteiger partial charge in [0.05, 0.1) is 19.0 Å². The van der Waals surface area contributed by atoms with Gasteiger partial charge >= 0.3 is 11.9 Å². The number of aromatic amines is 1. The molecule has 4 N–H and O–H groups in total. The van der Waals surface area contributed by atoms with Crippen molar-refractivity contribution < 1.29 is 99.3 Å². The second-order valence-corrected chi connectivity index (χ2v) is 38.4. The minimum absolute atomic E-state index is 0. The van der Waals surface area contributed by atoms with Crippen LogP contribution in [0.3, 0.4) is 0 Å². The van der Waals surface area contributed by atoms with Gasteiger partial charge in [-0.3, -0.25) is 14.7 Å². The van der Waals surface area contributed by atoms with E-state index in [1.54, 1.807) is 133 Å². The number of nitrogens with zero attached hydrogens (tertiary/aromatic N) is 14. The summed E-state index contributed by atoms with van der Waals surface area (Å²) in [5.74, 6) is 6.80. The van der Waals surface area contributed by atoms with E-state index in [-0.39, 0.29) is 165 Å². The van der Waals surface area contributed by atoms with Gasteiger partial charge in [0.15, 0.2) is 86.6 Å². The van der Waals surface area contributed by atoms with Crippen molar-refractivity contribution in [2.75, 3.05) is 25.6 Å². The number of carbonyl (C=O) groups excluding carboxylic acids is 2. The van der Waals surface area contributed by atoms with Gasteiger partial charge in [-0.1, -0.05) is 97.8 Å². The van der Waals surface area contributed by atoms with Crippen LogP contribution in [0.25, 0.3) is 56.9 Å². The van der Waals surface area contributed by atoms with E-state index in [1.807, 2.05) is 165 Å². The van der Waals surface area contributed by atoms with Crippen molar-refractivity contribution in [1.29, 1.82) is 0 Å². The molecule has 0 bridgehead atoms. The molecule has 0 unspecified atom stereocenters. The number of hydrogen-bond acceptors (Lipinski definition) is 20. The maximum absolute atomic E-state index is 14.6. The van der Waals surface area contributed by atoms with Crippen LogP contribution in [0.5, 0.6) is 28.7 Å². The summed E-state index contributed by atoms with van der Waals surface area (Å²) in [6.07, 6.45) is 7.24. The van der Waals surface area contributed by atoms with E-state index in [1.165, 1.54) is 0 Å². The molecule has 5 aliphatic carbocycles. The van der Waals surface area contributed by atoms with Gasteiger partial charge in [0, 0.05) is 104 Å². The fourth-order valence-corrected chi connectivity index (χ4v) is 13.9. The molecule has 0 aliphatic heterocycles. The van der Waals surface area contributed by atoms with Crippen LogP contribution in [0.15, 0.2) is 218 Å². The zero-order valence-electron chi connectivity index (χ0n) is 82.8. The number of aromatic hydroxyl groups is 1. The van der Waals surface area contributed by atoms with Crippen molar-refractivity contribution >= 4 is 35.9 Å². The first-order valence-corrected chi connectivity index (χ1v) is 47.3. The Morgan fingerprint density at radius 1 is 0.401 bits per heavy atom. The van der Waals surface area contributed by atoms with E-state index in [4.69, 9.17) is 45.8 Å². The molecule has 147 heavy (non-hydrogen) atoms. The van der Waals surface area contributed by atoms with Gasteiger partial charge < -0.3 is 46.7 Å². The van der Waals surface area contributed by atoms with Crippen molar-refractivity contribution in [1.82, 2.24) is 74.2 Å². The summed E-state index contributed by atoms with van der Waals surface area (Å²) in [6.45, 7) is 27.7.